The van der Waals surface area contributed by atoms with Gasteiger partial charge in [0.25, 0.3) is 11.8 Å². The van der Waals surface area contributed by atoms with Crippen LogP contribution in [-0.4, -0.2) is 41.0 Å². The molecule has 2 aliphatic heterocycles. The zero-order valence-electron chi connectivity index (χ0n) is 12.9. The van der Waals surface area contributed by atoms with Gasteiger partial charge in [-0.05, 0) is 30.7 Å². The molecule has 122 valence electrons. The summed E-state index contributed by atoms with van der Waals surface area (Å²) in [6, 6.07) is 10.3. The molecule has 2 fully saturated rings. The van der Waals surface area contributed by atoms with Crippen LogP contribution in [0.5, 0.6) is 0 Å². The summed E-state index contributed by atoms with van der Waals surface area (Å²) in [6.07, 6.45) is 2.42. The molecule has 0 bridgehead atoms. The van der Waals surface area contributed by atoms with E-state index in [1.165, 1.54) is 5.56 Å². The van der Waals surface area contributed by atoms with Crippen molar-refractivity contribution in [3.63, 3.8) is 0 Å². The number of nitrogens with zero attached hydrogens (tertiary/aromatic N) is 2. The van der Waals surface area contributed by atoms with E-state index in [9.17, 15) is 14.4 Å². The second-order valence-corrected chi connectivity index (χ2v) is 6.06. The predicted molar refractivity (Wildman–Crippen MR) is 82.0 cm³/mol. The molecule has 0 aliphatic carbocycles. The highest BCUT2D eigenvalue weighted by Crippen LogP contribution is 2.23. The Labute approximate surface area is 135 Å². The van der Waals surface area contributed by atoms with Gasteiger partial charge in [0, 0.05) is 25.9 Å². The maximum Gasteiger partial charge on any atom is 0.434 e. The van der Waals surface area contributed by atoms with Gasteiger partial charge in [0.05, 0.1) is 0 Å². The molecule has 0 saturated carbocycles. The third kappa shape index (κ3) is 3.70. The Morgan fingerprint density at radius 1 is 1.04 bits per heavy atom. The molecule has 0 atom stereocenters. The maximum absolute atomic E-state index is 12.1. The molecule has 0 unspecified atom stereocenters. The zero-order chi connectivity index (χ0) is 16.2. The minimum atomic E-state index is -0.605. The van der Waals surface area contributed by atoms with Gasteiger partial charge in [-0.3, -0.25) is 9.59 Å². The van der Waals surface area contributed by atoms with Crippen molar-refractivity contribution in [1.29, 1.82) is 0 Å². The van der Waals surface area contributed by atoms with Gasteiger partial charge >= 0.3 is 6.09 Å². The number of carbonyl (C=O) groups is 3. The van der Waals surface area contributed by atoms with Crippen LogP contribution in [0.1, 0.15) is 31.2 Å². The van der Waals surface area contributed by atoms with E-state index >= 15 is 0 Å². The molecule has 0 N–H and O–H groups in total. The Balaban J connectivity index is 1.48. The predicted octanol–water partition coefficient (Wildman–Crippen LogP) is 2.14. The second-order valence-electron chi connectivity index (χ2n) is 6.06. The molecule has 3 amide bonds. The lowest BCUT2D eigenvalue weighted by atomic mass is 9.90. The number of hydrogen-bond acceptors (Lipinski definition) is 4. The van der Waals surface area contributed by atoms with Crippen molar-refractivity contribution >= 4 is 17.9 Å². The lowest BCUT2D eigenvalue weighted by Gasteiger charge is -2.31. The Bertz CT molecular complexity index is 578. The monoisotopic (exact) mass is 316 g/mol. The van der Waals surface area contributed by atoms with Gasteiger partial charge in [-0.2, -0.15) is 0 Å². The first kappa shape index (κ1) is 15.5. The third-order valence-electron chi connectivity index (χ3n) is 4.42. The standard InChI is InChI=1S/C17H20N2O4/c20-15-6-7-16(21)19(15)23-17(22)18-10-8-14(9-11-18)12-13-4-2-1-3-5-13/h1-5,14H,6-12H2. The molecule has 1 aromatic rings. The number of amides is 3. The number of hydroxylamine groups is 2. The fourth-order valence-electron chi connectivity index (χ4n) is 3.06. The maximum atomic E-state index is 12.1. The molecule has 0 spiro atoms. The number of carbonyl (C=O) groups excluding carboxylic acids is 3. The van der Waals surface area contributed by atoms with Crippen molar-refractivity contribution < 1.29 is 19.2 Å². The van der Waals surface area contributed by atoms with E-state index in [-0.39, 0.29) is 12.8 Å². The Hall–Kier alpha value is -2.37. The lowest BCUT2D eigenvalue weighted by Crippen LogP contribution is -2.43. The van der Waals surface area contributed by atoms with Gasteiger partial charge in [0.1, 0.15) is 0 Å². The summed E-state index contributed by atoms with van der Waals surface area (Å²) in [4.78, 5) is 41.5. The molecule has 0 radical (unpaired) electrons. The summed E-state index contributed by atoms with van der Waals surface area (Å²) in [7, 11) is 0. The molecule has 0 aromatic heterocycles. The number of imide groups is 1. The van der Waals surface area contributed by atoms with Gasteiger partial charge in [-0.1, -0.05) is 30.3 Å². The van der Waals surface area contributed by atoms with E-state index in [4.69, 9.17) is 4.84 Å². The molecular weight excluding hydrogens is 296 g/mol. The third-order valence-corrected chi connectivity index (χ3v) is 4.42. The van der Waals surface area contributed by atoms with Crippen molar-refractivity contribution in [3.8, 4) is 0 Å². The van der Waals surface area contributed by atoms with Gasteiger partial charge in [-0.25, -0.2) is 4.79 Å². The summed E-state index contributed by atoms with van der Waals surface area (Å²) in [5.41, 5.74) is 1.31. The van der Waals surface area contributed by atoms with Crippen LogP contribution in [0.15, 0.2) is 30.3 Å². The van der Waals surface area contributed by atoms with Gasteiger partial charge < -0.3 is 9.74 Å². The van der Waals surface area contributed by atoms with Crippen LogP contribution in [0.3, 0.4) is 0 Å². The number of likely N-dealkylation sites (tertiary alicyclic amines) is 1. The second kappa shape index (κ2) is 6.81. The van der Waals surface area contributed by atoms with E-state index in [2.05, 4.69) is 12.1 Å². The quantitative estimate of drug-likeness (QED) is 0.801. The van der Waals surface area contributed by atoms with Crippen molar-refractivity contribution in [3.05, 3.63) is 35.9 Å². The molecule has 2 aliphatic rings. The van der Waals surface area contributed by atoms with E-state index in [0.29, 0.717) is 24.1 Å². The highest BCUT2D eigenvalue weighted by atomic mass is 16.7. The van der Waals surface area contributed by atoms with E-state index in [0.717, 1.165) is 19.3 Å². The highest BCUT2D eigenvalue weighted by Gasteiger charge is 2.35. The molecule has 2 heterocycles. The van der Waals surface area contributed by atoms with Crippen LogP contribution >= 0.6 is 0 Å². The smallest absolute Gasteiger partial charge is 0.311 e. The number of piperidine rings is 1. The summed E-state index contributed by atoms with van der Waals surface area (Å²) < 4.78 is 0. The summed E-state index contributed by atoms with van der Waals surface area (Å²) in [5, 5.41) is 0.610. The van der Waals surface area contributed by atoms with Crippen LogP contribution in [-0.2, 0) is 20.8 Å². The Kier molecular flexibility index (Phi) is 4.60. The molecule has 6 nitrogen and oxygen atoms in total. The minimum absolute atomic E-state index is 0.116. The van der Waals surface area contributed by atoms with Gasteiger partial charge in [0.2, 0.25) is 0 Å². The van der Waals surface area contributed by atoms with Crippen molar-refractivity contribution in [2.24, 2.45) is 5.92 Å². The van der Waals surface area contributed by atoms with Gasteiger partial charge in [-0.15, -0.1) is 5.06 Å². The average Bonchev–Trinajstić information content (AvgIpc) is 2.88. The largest absolute Gasteiger partial charge is 0.434 e. The lowest BCUT2D eigenvalue weighted by molar-refractivity contribution is -0.174. The van der Waals surface area contributed by atoms with Crippen molar-refractivity contribution in [2.75, 3.05) is 13.1 Å². The zero-order valence-corrected chi connectivity index (χ0v) is 12.9. The van der Waals surface area contributed by atoms with E-state index in [1.807, 2.05) is 18.2 Å². The average molecular weight is 316 g/mol. The highest BCUT2D eigenvalue weighted by molar-refractivity contribution is 6.01. The van der Waals surface area contributed by atoms with Crippen LogP contribution in [0.25, 0.3) is 0 Å². The Morgan fingerprint density at radius 2 is 1.65 bits per heavy atom. The Morgan fingerprint density at radius 3 is 2.26 bits per heavy atom. The number of hydrogen-bond donors (Lipinski definition) is 0. The molecular formula is C17H20N2O4. The molecule has 1 aromatic carbocycles. The molecule has 2 saturated heterocycles. The van der Waals surface area contributed by atoms with Gasteiger partial charge in [0.15, 0.2) is 0 Å². The molecule has 23 heavy (non-hydrogen) atoms. The van der Waals surface area contributed by atoms with Crippen LogP contribution in [0, 0.1) is 5.92 Å². The first-order chi connectivity index (χ1) is 11.1. The van der Waals surface area contributed by atoms with E-state index in [1.54, 1.807) is 4.90 Å². The van der Waals surface area contributed by atoms with Crippen LogP contribution in [0.2, 0.25) is 0 Å². The normalized spacial score (nSPS) is 19.3. The van der Waals surface area contributed by atoms with Crippen LogP contribution < -0.4 is 0 Å². The summed E-state index contributed by atoms with van der Waals surface area (Å²) in [6.45, 7) is 1.18. The topological polar surface area (TPSA) is 66.9 Å². The summed E-state index contributed by atoms with van der Waals surface area (Å²) in [5.74, 6) is -0.346. The summed E-state index contributed by atoms with van der Waals surface area (Å²) >= 11 is 0. The first-order valence-electron chi connectivity index (χ1n) is 8.00. The van der Waals surface area contributed by atoms with Crippen molar-refractivity contribution in [2.45, 2.75) is 32.1 Å². The minimum Gasteiger partial charge on any atom is -0.311 e. The van der Waals surface area contributed by atoms with Crippen molar-refractivity contribution in [1.82, 2.24) is 9.96 Å². The molecule has 3 rings (SSSR count). The fourth-order valence-corrected chi connectivity index (χ4v) is 3.06. The molecule has 6 heteroatoms. The SMILES string of the molecule is O=C(ON1C(=O)CCC1=O)N1CCC(Cc2ccccc2)CC1. The first-order valence-corrected chi connectivity index (χ1v) is 8.00. The van der Waals surface area contributed by atoms with E-state index < -0.39 is 17.9 Å². The fraction of sp³-hybridized carbons (Fsp3) is 0.471. The number of benzene rings is 1. The number of rotatable bonds is 3. The van der Waals surface area contributed by atoms with Crippen LogP contribution in [0.4, 0.5) is 4.79 Å².